The minimum absolute atomic E-state index is 0.109. The molecule has 1 rings (SSSR count). The van der Waals surface area contributed by atoms with Crippen LogP contribution >= 0.6 is 11.8 Å². The molecule has 0 radical (unpaired) electrons. The number of nitrogens with zero attached hydrogens (tertiary/aromatic N) is 1. The molecule has 1 aliphatic heterocycles. The highest BCUT2D eigenvalue weighted by Gasteiger charge is 2.36. The average Bonchev–Trinajstić information content (AvgIpc) is 2.73. The van der Waals surface area contributed by atoms with Crippen molar-refractivity contribution in [2.45, 2.75) is 25.8 Å². The Balaban J connectivity index is 2.67. The van der Waals surface area contributed by atoms with Gasteiger partial charge >= 0.3 is 5.97 Å². The minimum atomic E-state index is -0.925. The number of carboxylic acid groups (broad SMARTS) is 1. The van der Waals surface area contributed by atoms with E-state index >= 15 is 0 Å². The fourth-order valence-electron chi connectivity index (χ4n) is 1.79. The van der Waals surface area contributed by atoms with Gasteiger partial charge in [-0.05, 0) is 6.42 Å². The van der Waals surface area contributed by atoms with Gasteiger partial charge in [0.05, 0.1) is 11.8 Å². The number of carbonyl (C=O) groups is 2. The van der Waals surface area contributed by atoms with Crippen molar-refractivity contribution in [1.82, 2.24) is 4.90 Å². The van der Waals surface area contributed by atoms with E-state index in [4.69, 9.17) is 10.8 Å². The van der Waals surface area contributed by atoms with Gasteiger partial charge in [-0.25, -0.2) is 4.79 Å². The zero-order valence-corrected chi connectivity index (χ0v) is 10.2. The predicted molar refractivity (Wildman–Crippen MR) is 63.0 cm³/mol. The third kappa shape index (κ3) is 2.89. The number of rotatable bonds is 5. The Bertz CT molecular complexity index is 273. The van der Waals surface area contributed by atoms with Crippen LogP contribution in [0.1, 0.15) is 19.8 Å². The fourth-order valence-corrected chi connectivity index (χ4v) is 2.94. The molecule has 1 fully saturated rings. The molecule has 0 bridgehead atoms. The van der Waals surface area contributed by atoms with Crippen LogP contribution < -0.4 is 5.73 Å². The number of carboxylic acids is 1. The molecular formula is C10H18N2O3S. The van der Waals surface area contributed by atoms with Crippen molar-refractivity contribution in [1.29, 1.82) is 0 Å². The SMILES string of the molecule is CCCC(CN)C(=O)N1CSCC1C(=O)O. The maximum atomic E-state index is 12.1. The van der Waals surface area contributed by atoms with Crippen molar-refractivity contribution >= 4 is 23.6 Å². The summed E-state index contributed by atoms with van der Waals surface area (Å²) in [4.78, 5) is 24.4. The predicted octanol–water partition coefficient (Wildman–Crippen LogP) is 0.347. The summed E-state index contributed by atoms with van der Waals surface area (Å²) in [5.41, 5.74) is 5.55. The van der Waals surface area contributed by atoms with Crippen molar-refractivity contribution in [3.63, 3.8) is 0 Å². The molecule has 92 valence electrons. The van der Waals surface area contributed by atoms with Gasteiger partial charge in [0, 0.05) is 12.3 Å². The second kappa shape index (κ2) is 6.10. The van der Waals surface area contributed by atoms with E-state index in [0.29, 0.717) is 18.2 Å². The number of nitrogens with two attached hydrogens (primary N) is 1. The molecule has 1 amide bonds. The summed E-state index contributed by atoms with van der Waals surface area (Å²) < 4.78 is 0. The normalized spacial score (nSPS) is 22.1. The molecule has 5 nitrogen and oxygen atoms in total. The molecule has 0 aromatic carbocycles. The highest BCUT2D eigenvalue weighted by Crippen LogP contribution is 2.24. The zero-order valence-electron chi connectivity index (χ0n) is 9.39. The van der Waals surface area contributed by atoms with Gasteiger partial charge in [-0.3, -0.25) is 4.79 Å². The molecule has 0 spiro atoms. The Morgan fingerprint density at radius 2 is 2.31 bits per heavy atom. The van der Waals surface area contributed by atoms with Crippen molar-refractivity contribution in [2.24, 2.45) is 11.7 Å². The molecule has 2 unspecified atom stereocenters. The van der Waals surface area contributed by atoms with Crippen LogP contribution in [0.2, 0.25) is 0 Å². The van der Waals surface area contributed by atoms with E-state index in [1.165, 1.54) is 16.7 Å². The standard InChI is InChI=1S/C10H18N2O3S/c1-2-3-7(4-11)9(13)12-6-16-5-8(12)10(14)15/h7-8H,2-6,11H2,1H3,(H,14,15). The summed E-state index contributed by atoms with van der Waals surface area (Å²) in [6.07, 6.45) is 1.61. The summed E-state index contributed by atoms with van der Waals surface area (Å²) in [6, 6.07) is -0.677. The maximum Gasteiger partial charge on any atom is 0.327 e. The van der Waals surface area contributed by atoms with Crippen molar-refractivity contribution in [3.05, 3.63) is 0 Å². The smallest absolute Gasteiger partial charge is 0.327 e. The van der Waals surface area contributed by atoms with Gasteiger partial charge in [0.1, 0.15) is 6.04 Å². The number of amides is 1. The lowest BCUT2D eigenvalue weighted by Crippen LogP contribution is -2.46. The minimum Gasteiger partial charge on any atom is -0.480 e. The third-order valence-corrected chi connectivity index (χ3v) is 3.73. The molecule has 2 atom stereocenters. The van der Waals surface area contributed by atoms with Gasteiger partial charge in [0.25, 0.3) is 0 Å². The molecule has 6 heteroatoms. The molecule has 0 aromatic rings. The van der Waals surface area contributed by atoms with E-state index in [9.17, 15) is 9.59 Å². The number of hydrogen-bond donors (Lipinski definition) is 2. The quantitative estimate of drug-likeness (QED) is 0.731. The largest absolute Gasteiger partial charge is 0.480 e. The zero-order chi connectivity index (χ0) is 12.1. The maximum absolute atomic E-state index is 12.1. The number of aliphatic carboxylic acids is 1. The molecule has 0 saturated carbocycles. The molecular weight excluding hydrogens is 228 g/mol. The van der Waals surface area contributed by atoms with Gasteiger partial charge in [0.15, 0.2) is 0 Å². The summed E-state index contributed by atoms with van der Waals surface area (Å²) >= 11 is 1.48. The molecule has 0 aliphatic carbocycles. The average molecular weight is 246 g/mol. The van der Waals surface area contributed by atoms with E-state index in [0.717, 1.165) is 12.8 Å². The molecule has 1 aliphatic rings. The highest BCUT2D eigenvalue weighted by atomic mass is 32.2. The molecule has 0 aromatic heterocycles. The van der Waals surface area contributed by atoms with Crippen LogP contribution in [-0.4, -0.2) is 46.1 Å². The van der Waals surface area contributed by atoms with Gasteiger partial charge < -0.3 is 15.7 Å². The van der Waals surface area contributed by atoms with Gasteiger partial charge in [-0.2, -0.15) is 0 Å². The van der Waals surface area contributed by atoms with E-state index in [2.05, 4.69) is 0 Å². The Kier molecular flexibility index (Phi) is 5.08. The van der Waals surface area contributed by atoms with Crippen molar-refractivity contribution in [2.75, 3.05) is 18.2 Å². The van der Waals surface area contributed by atoms with Gasteiger partial charge in [-0.15, -0.1) is 11.8 Å². The van der Waals surface area contributed by atoms with Crippen LogP contribution in [0.3, 0.4) is 0 Å². The summed E-state index contributed by atoms with van der Waals surface area (Å²) in [5, 5.41) is 8.98. The Hall–Kier alpha value is -0.750. The van der Waals surface area contributed by atoms with Gasteiger partial charge in [0.2, 0.25) is 5.91 Å². The third-order valence-electron chi connectivity index (χ3n) is 2.72. The first-order valence-electron chi connectivity index (χ1n) is 5.42. The van der Waals surface area contributed by atoms with E-state index in [1.54, 1.807) is 0 Å². The lowest BCUT2D eigenvalue weighted by atomic mass is 10.0. The number of carbonyl (C=O) groups excluding carboxylic acids is 1. The van der Waals surface area contributed by atoms with Crippen LogP contribution in [0.5, 0.6) is 0 Å². The van der Waals surface area contributed by atoms with Crippen LogP contribution in [0, 0.1) is 5.92 Å². The highest BCUT2D eigenvalue weighted by molar-refractivity contribution is 7.99. The second-order valence-corrected chi connectivity index (χ2v) is 4.88. The van der Waals surface area contributed by atoms with E-state index in [-0.39, 0.29) is 11.8 Å². The first-order chi connectivity index (χ1) is 7.61. The van der Waals surface area contributed by atoms with Crippen molar-refractivity contribution in [3.8, 4) is 0 Å². The Labute approximate surface area is 99.4 Å². The second-order valence-electron chi connectivity index (χ2n) is 3.88. The molecule has 1 saturated heterocycles. The lowest BCUT2D eigenvalue weighted by Gasteiger charge is -2.25. The van der Waals surface area contributed by atoms with E-state index < -0.39 is 12.0 Å². The van der Waals surface area contributed by atoms with Gasteiger partial charge in [-0.1, -0.05) is 13.3 Å². The first kappa shape index (κ1) is 13.3. The van der Waals surface area contributed by atoms with Crippen LogP contribution in [-0.2, 0) is 9.59 Å². The van der Waals surface area contributed by atoms with Crippen LogP contribution in [0.4, 0.5) is 0 Å². The summed E-state index contributed by atoms with van der Waals surface area (Å²) in [5.74, 6) is -0.321. The van der Waals surface area contributed by atoms with Crippen LogP contribution in [0.15, 0.2) is 0 Å². The van der Waals surface area contributed by atoms with E-state index in [1.807, 2.05) is 6.92 Å². The Morgan fingerprint density at radius 3 is 2.81 bits per heavy atom. The monoisotopic (exact) mass is 246 g/mol. The fraction of sp³-hybridized carbons (Fsp3) is 0.800. The summed E-state index contributed by atoms with van der Waals surface area (Å²) in [7, 11) is 0. The molecule has 3 N–H and O–H groups in total. The van der Waals surface area contributed by atoms with Crippen LogP contribution in [0.25, 0.3) is 0 Å². The Morgan fingerprint density at radius 1 is 1.62 bits per heavy atom. The lowest BCUT2D eigenvalue weighted by molar-refractivity contribution is -0.149. The molecule has 16 heavy (non-hydrogen) atoms. The summed E-state index contributed by atoms with van der Waals surface area (Å²) in [6.45, 7) is 2.28. The number of hydrogen-bond acceptors (Lipinski definition) is 4. The van der Waals surface area contributed by atoms with Crippen molar-refractivity contribution < 1.29 is 14.7 Å². The molecule has 1 heterocycles. The number of thioether (sulfide) groups is 1. The topological polar surface area (TPSA) is 83.6 Å². The first-order valence-corrected chi connectivity index (χ1v) is 6.58.